The smallest absolute Gasteiger partial charge is 0.139 e. The van der Waals surface area contributed by atoms with E-state index in [0.29, 0.717) is 5.56 Å². The third-order valence-electron chi connectivity index (χ3n) is 4.54. The standard InChI is InChI=1S/C21H21F/c1-13-5-7-18(20(22)9-13)8-6-17-10-15(3)21(16(4)11-17)19-12-14(19)2/h5,7,9-11,14,19H,12H2,1-4H3. The number of hydrogen-bond donors (Lipinski definition) is 0. The minimum Gasteiger partial charge on any atom is -0.206 e. The highest BCUT2D eigenvalue weighted by molar-refractivity contribution is 5.50. The Balaban J connectivity index is 1.92. The van der Waals surface area contributed by atoms with Gasteiger partial charge >= 0.3 is 0 Å². The summed E-state index contributed by atoms with van der Waals surface area (Å²) in [6.07, 6.45) is 1.29. The molecule has 2 atom stereocenters. The van der Waals surface area contributed by atoms with Gasteiger partial charge < -0.3 is 0 Å². The Morgan fingerprint density at radius 3 is 2.18 bits per heavy atom. The quantitative estimate of drug-likeness (QED) is 0.628. The SMILES string of the molecule is Cc1ccc(C#Cc2cc(C)c(C3CC3C)c(C)c2)c(F)c1. The van der Waals surface area contributed by atoms with E-state index < -0.39 is 0 Å². The van der Waals surface area contributed by atoms with Gasteiger partial charge in [-0.15, -0.1) is 0 Å². The van der Waals surface area contributed by atoms with Gasteiger partial charge in [-0.25, -0.2) is 4.39 Å². The highest BCUT2D eigenvalue weighted by atomic mass is 19.1. The second kappa shape index (κ2) is 5.61. The van der Waals surface area contributed by atoms with Crippen molar-refractivity contribution in [3.63, 3.8) is 0 Å². The zero-order chi connectivity index (χ0) is 15.9. The predicted molar refractivity (Wildman–Crippen MR) is 89.6 cm³/mol. The van der Waals surface area contributed by atoms with Gasteiger partial charge in [-0.05, 0) is 85.5 Å². The normalized spacial score (nSPS) is 19.5. The minimum atomic E-state index is -0.246. The van der Waals surface area contributed by atoms with Gasteiger partial charge in [0, 0.05) is 5.56 Å². The molecule has 0 nitrogen and oxygen atoms in total. The fourth-order valence-corrected chi connectivity index (χ4v) is 3.22. The molecule has 0 saturated heterocycles. The van der Waals surface area contributed by atoms with Gasteiger partial charge in [-0.1, -0.05) is 24.8 Å². The van der Waals surface area contributed by atoms with Crippen molar-refractivity contribution >= 4 is 0 Å². The third-order valence-corrected chi connectivity index (χ3v) is 4.54. The minimum absolute atomic E-state index is 0.246. The van der Waals surface area contributed by atoms with Crippen molar-refractivity contribution in [2.75, 3.05) is 0 Å². The molecular formula is C21H21F. The number of benzene rings is 2. The van der Waals surface area contributed by atoms with E-state index in [2.05, 4.69) is 44.7 Å². The van der Waals surface area contributed by atoms with E-state index in [4.69, 9.17) is 0 Å². The summed E-state index contributed by atoms with van der Waals surface area (Å²) in [6, 6.07) is 9.43. The van der Waals surface area contributed by atoms with Gasteiger partial charge in [0.05, 0.1) is 5.56 Å². The van der Waals surface area contributed by atoms with Crippen molar-refractivity contribution in [1.29, 1.82) is 0 Å². The van der Waals surface area contributed by atoms with Gasteiger partial charge in [0.15, 0.2) is 0 Å². The summed E-state index contributed by atoms with van der Waals surface area (Å²) in [6.45, 7) is 8.50. The van der Waals surface area contributed by atoms with Crippen molar-refractivity contribution in [1.82, 2.24) is 0 Å². The molecule has 3 rings (SSSR count). The van der Waals surface area contributed by atoms with Crippen LogP contribution in [0.5, 0.6) is 0 Å². The summed E-state index contributed by atoms with van der Waals surface area (Å²) < 4.78 is 13.8. The van der Waals surface area contributed by atoms with E-state index in [1.807, 2.05) is 13.0 Å². The molecule has 1 aliphatic rings. The number of rotatable bonds is 1. The average molecular weight is 292 g/mol. The van der Waals surface area contributed by atoms with Gasteiger partial charge in [0.2, 0.25) is 0 Å². The fourth-order valence-electron chi connectivity index (χ4n) is 3.22. The topological polar surface area (TPSA) is 0 Å². The number of hydrogen-bond acceptors (Lipinski definition) is 0. The fraction of sp³-hybridized carbons (Fsp3) is 0.333. The summed E-state index contributed by atoms with van der Waals surface area (Å²) in [5.74, 6) is 7.34. The van der Waals surface area contributed by atoms with Crippen LogP contribution in [-0.2, 0) is 0 Å². The lowest BCUT2D eigenvalue weighted by Crippen LogP contribution is -1.94. The van der Waals surface area contributed by atoms with Crippen molar-refractivity contribution in [3.05, 3.63) is 69.5 Å². The highest BCUT2D eigenvalue weighted by Crippen LogP contribution is 2.49. The Hall–Kier alpha value is -2.07. The first kappa shape index (κ1) is 14.9. The van der Waals surface area contributed by atoms with Crippen molar-refractivity contribution in [2.45, 2.75) is 40.0 Å². The van der Waals surface area contributed by atoms with Crippen LogP contribution in [-0.4, -0.2) is 0 Å². The molecule has 2 unspecified atom stereocenters. The molecule has 0 amide bonds. The molecule has 1 aliphatic carbocycles. The molecule has 1 saturated carbocycles. The molecule has 1 fully saturated rings. The molecule has 0 heterocycles. The lowest BCUT2D eigenvalue weighted by molar-refractivity contribution is 0.623. The van der Waals surface area contributed by atoms with E-state index in [1.54, 1.807) is 6.07 Å². The number of aryl methyl sites for hydroxylation is 3. The zero-order valence-corrected chi connectivity index (χ0v) is 13.6. The van der Waals surface area contributed by atoms with Gasteiger partial charge in [0.1, 0.15) is 5.82 Å². The van der Waals surface area contributed by atoms with Crippen LogP contribution in [0.2, 0.25) is 0 Å². The van der Waals surface area contributed by atoms with Gasteiger partial charge in [0.25, 0.3) is 0 Å². The number of halogens is 1. The zero-order valence-electron chi connectivity index (χ0n) is 13.6. The highest BCUT2D eigenvalue weighted by Gasteiger charge is 2.35. The summed E-state index contributed by atoms with van der Waals surface area (Å²) in [7, 11) is 0. The van der Waals surface area contributed by atoms with E-state index in [-0.39, 0.29) is 5.82 Å². The van der Waals surface area contributed by atoms with Crippen LogP contribution in [0, 0.1) is 44.3 Å². The molecule has 0 radical (unpaired) electrons. The van der Waals surface area contributed by atoms with Crippen molar-refractivity contribution in [3.8, 4) is 11.8 Å². The maximum Gasteiger partial charge on any atom is 0.139 e. The maximum absolute atomic E-state index is 13.8. The predicted octanol–water partition coefficient (Wildman–Crippen LogP) is 5.27. The second-order valence-corrected chi connectivity index (χ2v) is 6.58. The molecule has 1 heteroatoms. The van der Waals surface area contributed by atoms with Crippen molar-refractivity contribution < 1.29 is 4.39 Å². The van der Waals surface area contributed by atoms with Crippen molar-refractivity contribution in [2.24, 2.45) is 5.92 Å². The van der Waals surface area contributed by atoms with E-state index in [0.717, 1.165) is 23.0 Å². The van der Waals surface area contributed by atoms with Crippen LogP contribution in [0.1, 0.15) is 52.6 Å². The molecule has 112 valence electrons. The molecule has 0 aliphatic heterocycles. The lowest BCUT2D eigenvalue weighted by atomic mass is 9.95. The Morgan fingerprint density at radius 1 is 1.00 bits per heavy atom. The summed E-state index contributed by atoms with van der Waals surface area (Å²) in [5, 5.41) is 0. The largest absolute Gasteiger partial charge is 0.206 e. The molecule has 0 N–H and O–H groups in total. The molecular weight excluding hydrogens is 271 g/mol. The first-order valence-electron chi connectivity index (χ1n) is 7.85. The molecule has 0 bridgehead atoms. The molecule has 22 heavy (non-hydrogen) atoms. The Labute approximate surface area is 132 Å². The van der Waals surface area contributed by atoms with E-state index in [9.17, 15) is 4.39 Å². The van der Waals surface area contributed by atoms with Crippen LogP contribution in [0.4, 0.5) is 4.39 Å². The van der Waals surface area contributed by atoms with E-state index >= 15 is 0 Å². The monoisotopic (exact) mass is 292 g/mol. The van der Waals surface area contributed by atoms with Crippen LogP contribution >= 0.6 is 0 Å². The maximum atomic E-state index is 13.8. The molecule has 0 spiro atoms. The third kappa shape index (κ3) is 2.92. The summed E-state index contributed by atoms with van der Waals surface area (Å²) in [5.41, 5.74) is 6.44. The molecule has 0 aromatic heterocycles. The van der Waals surface area contributed by atoms with Gasteiger partial charge in [-0.3, -0.25) is 0 Å². The first-order valence-corrected chi connectivity index (χ1v) is 7.85. The van der Waals surface area contributed by atoms with Crippen LogP contribution < -0.4 is 0 Å². The van der Waals surface area contributed by atoms with Crippen LogP contribution in [0.3, 0.4) is 0 Å². The van der Waals surface area contributed by atoms with Gasteiger partial charge in [-0.2, -0.15) is 0 Å². The van der Waals surface area contributed by atoms with Crippen LogP contribution in [0.25, 0.3) is 0 Å². The summed E-state index contributed by atoms with van der Waals surface area (Å²) >= 11 is 0. The lowest BCUT2D eigenvalue weighted by Gasteiger charge is -2.10. The van der Waals surface area contributed by atoms with Crippen LogP contribution in [0.15, 0.2) is 30.3 Å². The van der Waals surface area contributed by atoms with E-state index in [1.165, 1.54) is 29.2 Å². The summed E-state index contributed by atoms with van der Waals surface area (Å²) in [4.78, 5) is 0. The Kier molecular flexibility index (Phi) is 3.79. The molecule has 2 aromatic rings. The average Bonchev–Trinajstić information content (AvgIpc) is 3.13. The Bertz CT molecular complexity index is 766. The molecule has 2 aromatic carbocycles. The second-order valence-electron chi connectivity index (χ2n) is 6.58. The first-order chi connectivity index (χ1) is 10.5. The Morgan fingerprint density at radius 2 is 1.64 bits per heavy atom.